The van der Waals surface area contributed by atoms with E-state index in [1.807, 2.05) is 29.2 Å². The standard InChI is InChI=1S/C15H19N3O3/c1-11(19)17-6-7-18-9-15(20)16-13-4-2-3-5-14(13)21-10-12(18)8-17/h2-5,12H,6-10H2,1H3,(H,16,20)/t12-/m1/s1. The first-order valence-electron chi connectivity index (χ1n) is 7.15. The minimum atomic E-state index is -0.0470. The van der Waals surface area contributed by atoms with Crippen LogP contribution in [0.15, 0.2) is 24.3 Å². The molecule has 1 aromatic carbocycles. The summed E-state index contributed by atoms with van der Waals surface area (Å²) in [7, 11) is 0. The molecule has 0 spiro atoms. The first kappa shape index (κ1) is 13.9. The summed E-state index contributed by atoms with van der Waals surface area (Å²) in [5.74, 6) is 0.696. The molecule has 0 aliphatic carbocycles. The summed E-state index contributed by atoms with van der Waals surface area (Å²) >= 11 is 0. The first-order chi connectivity index (χ1) is 10.1. The van der Waals surface area contributed by atoms with Crippen LogP contribution < -0.4 is 10.1 Å². The number of benzene rings is 1. The zero-order chi connectivity index (χ0) is 14.8. The lowest BCUT2D eigenvalue weighted by atomic mass is 10.1. The second kappa shape index (κ2) is 5.73. The first-order valence-corrected chi connectivity index (χ1v) is 7.15. The smallest absolute Gasteiger partial charge is 0.238 e. The maximum absolute atomic E-state index is 12.1. The van der Waals surface area contributed by atoms with Gasteiger partial charge in [-0.3, -0.25) is 14.5 Å². The van der Waals surface area contributed by atoms with Crippen molar-refractivity contribution in [3.05, 3.63) is 24.3 Å². The van der Waals surface area contributed by atoms with E-state index in [0.29, 0.717) is 44.2 Å². The molecule has 21 heavy (non-hydrogen) atoms. The summed E-state index contributed by atoms with van der Waals surface area (Å²) in [6.07, 6.45) is 0. The highest BCUT2D eigenvalue weighted by atomic mass is 16.5. The van der Waals surface area contributed by atoms with Crippen molar-refractivity contribution in [1.82, 2.24) is 9.80 Å². The van der Waals surface area contributed by atoms with Gasteiger partial charge in [0, 0.05) is 26.6 Å². The summed E-state index contributed by atoms with van der Waals surface area (Å²) in [5.41, 5.74) is 0.700. The highest BCUT2D eigenvalue weighted by Crippen LogP contribution is 2.25. The van der Waals surface area contributed by atoms with Gasteiger partial charge in [0.15, 0.2) is 0 Å². The maximum Gasteiger partial charge on any atom is 0.238 e. The monoisotopic (exact) mass is 289 g/mol. The number of carbonyl (C=O) groups excluding carboxylic acids is 2. The van der Waals surface area contributed by atoms with E-state index >= 15 is 0 Å². The highest BCUT2D eigenvalue weighted by molar-refractivity contribution is 5.93. The Morgan fingerprint density at radius 1 is 1.33 bits per heavy atom. The molecule has 2 heterocycles. The average Bonchev–Trinajstić information content (AvgIpc) is 2.53. The van der Waals surface area contributed by atoms with E-state index in [1.54, 1.807) is 6.92 Å². The van der Waals surface area contributed by atoms with Gasteiger partial charge in [-0.05, 0) is 12.1 Å². The van der Waals surface area contributed by atoms with Crippen molar-refractivity contribution in [3.8, 4) is 5.75 Å². The summed E-state index contributed by atoms with van der Waals surface area (Å²) in [6, 6.07) is 7.46. The third kappa shape index (κ3) is 3.00. The number of para-hydroxylation sites is 2. The van der Waals surface area contributed by atoms with Crippen LogP contribution in [0.4, 0.5) is 5.69 Å². The molecule has 0 bridgehead atoms. The number of piperazine rings is 1. The van der Waals surface area contributed by atoms with Crippen molar-refractivity contribution in [2.45, 2.75) is 13.0 Å². The molecule has 1 atom stereocenters. The molecule has 3 rings (SSSR count). The zero-order valence-electron chi connectivity index (χ0n) is 12.0. The van der Waals surface area contributed by atoms with Crippen molar-refractivity contribution in [1.29, 1.82) is 0 Å². The van der Waals surface area contributed by atoms with Gasteiger partial charge in [0.1, 0.15) is 12.4 Å². The molecule has 0 aromatic heterocycles. The summed E-state index contributed by atoms with van der Waals surface area (Å²) in [4.78, 5) is 27.6. The van der Waals surface area contributed by atoms with E-state index in [1.165, 1.54) is 0 Å². The van der Waals surface area contributed by atoms with Crippen molar-refractivity contribution in [3.63, 3.8) is 0 Å². The van der Waals surface area contributed by atoms with Crippen LogP contribution in [0.1, 0.15) is 6.92 Å². The van der Waals surface area contributed by atoms with Crippen LogP contribution >= 0.6 is 0 Å². The van der Waals surface area contributed by atoms with Gasteiger partial charge in [-0.1, -0.05) is 12.1 Å². The molecular weight excluding hydrogens is 270 g/mol. The molecule has 0 radical (unpaired) electrons. The van der Waals surface area contributed by atoms with E-state index in [0.717, 1.165) is 0 Å². The maximum atomic E-state index is 12.1. The van der Waals surface area contributed by atoms with Crippen molar-refractivity contribution < 1.29 is 14.3 Å². The number of fused-ring (bicyclic) bond motifs is 2. The molecule has 2 aliphatic heterocycles. The number of hydrogen-bond acceptors (Lipinski definition) is 4. The molecule has 1 N–H and O–H groups in total. The number of rotatable bonds is 0. The number of ether oxygens (including phenoxy) is 1. The van der Waals surface area contributed by atoms with Crippen LogP contribution in [0.3, 0.4) is 0 Å². The number of nitrogens with one attached hydrogen (secondary N) is 1. The number of hydrogen-bond donors (Lipinski definition) is 1. The Balaban J connectivity index is 1.81. The van der Waals surface area contributed by atoms with Crippen molar-refractivity contribution in [2.24, 2.45) is 0 Å². The molecule has 112 valence electrons. The Hall–Kier alpha value is -2.08. The topological polar surface area (TPSA) is 61.9 Å². The van der Waals surface area contributed by atoms with Gasteiger partial charge in [-0.15, -0.1) is 0 Å². The zero-order valence-corrected chi connectivity index (χ0v) is 12.0. The van der Waals surface area contributed by atoms with Gasteiger partial charge in [0.25, 0.3) is 0 Å². The van der Waals surface area contributed by atoms with Crippen LogP contribution in [-0.4, -0.2) is 60.4 Å². The second-order valence-corrected chi connectivity index (χ2v) is 5.44. The van der Waals surface area contributed by atoms with E-state index in [9.17, 15) is 9.59 Å². The van der Waals surface area contributed by atoms with Gasteiger partial charge < -0.3 is 15.0 Å². The Morgan fingerprint density at radius 3 is 2.95 bits per heavy atom. The summed E-state index contributed by atoms with van der Waals surface area (Å²) < 4.78 is 5.86. The largest absolute Gasteiger partial charge is 0.490 e. The van der Waals surface area contributed by atoms with Gasteiger partial charge in [-0.2, -0.15) is 0 Å². The van der Waals surface area contributed by atoms with Crippen LogP contribution in [-0.2, 0) is 9.59 Å². The molecular formula is C15H19N3O3. The Bertz CT molecular complexity index is 561. The van der Waals surface area contributed by atoms with Gasteiger partial charge in [0.2, 0.25) is 11.8 Å². The van der Waals surface area contributed by atoms with Gasteiger partial charge in [0.05, 0.1) is 18.3 Å². The molecule has 1 aromatic rings. The van der Waals surface area contributed by atoms with E-state index in [2.05, 4.69) is 10.2 Å². The van der Waals surface area contributed by atoms with Crippen LogP contribution in [0.2, 0.25) is 0 Å². The van der Waals surface area contributed by atoms with E-state index in [4.69, 9.17) is 4.74 Å². The minimum Gasteiger partial charge on any atom is -0.490 e. The molecule has 1 saturated heterocycles. The lowest BCUT2D eigenvalue weighted by molar-refractivity contribution is -0.132. The fourth-order valence-corrected chi connectivity index (χ4v) is 2.80. The summed E-state index contributed by atoms with van der Waals surface area (Å²) in [6.45, 7) is 4.33. The number of amides is 2. The molecule has 2 amide bonds. The summed E-state index contributed by atoms with van der Waals surface area (Å²) in [5, 5.41) is 2.88. The normalized spacial score (nSPS) is 22.8. The fourth-order valence-electron chi connectivity index (χ4n) is 2.80. The SMILES string of the molecule is CC(=O)N1CCN2CC(=O)Nc3ccccc3OC[C@H]2C1. The van der Waals surface area contributed by atoms with E-state index in [-0.39, 0.29) is 17.9 Å². The Labute approximate surface area is 123 Å². The minimum absolute atomic E-state index is 0.0413. The third-order valence-electron chi connectivity index (χ3n) is 3.99. The lowest BCUT2D eigenvalue weighted by Gasteiger charge is -2.40. The van der Waals surface area contributed by atoms with Crippen molar-refractivity contribution >= 4 is 17.5 Å². The quantitative estimate of drug-likeness (QED) is 0.757. The lowest BCUT2D eigenvalue weighted by Crippen LogP contribution is -2.57. The molecule has 0 saturated carbocycles. The van der Waals surface area contributed by atoms with Crippen LogP contribution in [0.25, 0.3) is 0 Å². The Morgan fingerprint density at radius 2 is 2.14 bits per heavy atom. The van der Waals surface area contributed by atoms with Crippen LogP contribution in [0.5, 0.6) is 5.75 Å². The number of anilines is 1. The predicted octanol–water partition coefficient (Wildman–Crippen LogP) is 0.550. The average molecular weight is 289 g/mol. The predicted molar refractivity (Wildman–Crippen MR) is 78.2 cm³/mol. The molecule has 6 nitrogen and oxygen atoms in total. The second-order valence-electron chi connectivity index (χ2n) is 5.44. The number of carbonyl (C=O) groups is 2. The fraction of sp³-hybridized carbons (Fsp3) is 0.467. The highest BCUT2D eigenvalue weighted by Gasteiger charge is 2.31. The van der Waals surface area contributed by atoms with Gasteiger partial charge >= 0.3 is 0 Å². The molecule has 1 fully saturated rings. The molecule has 2 aliphatic rings. The molecule has 6 heteroatoms. The van der Waals surface area contributed by atoms with Crippen molar-refractivity contribution in [2.75, 3.05) is 38.1 Å². The van der Waals surface area contributed by atoms with Crippen LogP contribution in [0, 0.1) is 0 Å². The molecule has 0 unspecified atom stereocenters. The van der Waals surface area contributed by atoms with Gasteiger partial charge in [-0.25, -0.2) is 0 Å². The third-order valence-corrected chi connectivity index (χ3v) is 3.99. The van der Waals surface area contributed by atoms with E-state index < -0.39 is 0 Å². The number of nitrogens with zero attached hydrogens (tertiary/aromatic N) is 2. The Kier molecular flexibility index (Phi) is 3.79.